The summed E-state index contributed by atoms with van der Waals surface area (Å²) in [5, 5.41) is 0. The zero-order valence-corrected chi connectivity index (χ0v) is 11.7. The molecule has 0 spiro atoms. The van der Waals surface area contributed by atoms with Crippen LogP contribution in [0.3, 0.4) is 0 Å². The maximum Gasteiger partial charge on any atom is 0.251 e. The first kappa shape index (κ1) is 13.2. The zero-order valence-electron chi connectivity index (χ0n) is 8.46. The van der Waals surface area contributed by atoms with Gasteiger partial charge >= 0.3 is 0 Å². The lowest BCUT2D eigenvalue weighted by Crippen LogP contribution is -2.35. The van der Waals surface area contributed by atoms with Crippen LogP contribution in [-0.4, -0.2) is 39.4 Å². The second kappa shape index (κ2) is 4.47. The molecule has 1 N–H and O–H groups in total. The van der Waals surface area contributed by atoms with E-state index in [9.17, 15) is 16.8 Å². The van der Waals surface area contributed by atoms with Gasteiger partial charge in [0, 0.05) is 6.04 Å². The van der Waals surface area contributed by atoms with Crippen LogP contribution in [0, 0.1) is 0 Å². The summed E-state index contributed by atoms with van der Waals surface area (Å²) in [4.78, 5) is 3.63. The molecule has 1 saturated heterocycles. The van der Waals surface area contributed by atoms with Crippen LogP contribution in [0.1, 0.15) is 6.42 Å². The van der Waals surface area contributed by atoms with E-state index in [1.807, 2.05) is 0 Å². The van der Waals surface area contributed by atoms with Crippen molar-refractivity contribution in [1.29, 1.82) is 0 Å². The third-order valence-corrected chi connectivity index (χ3v) is 7.14. The summed E-state index contributed by atoms with van der Waals surface area (Å²) in [5.74, 6) is -0.137. The molecule has 0 amide bonds. The predicted octanol–water partition coefficient (Wildman–Crippen LogP) is 0.262. The van der Waals surface area contributed by atoms with E-state index in [4.69, 9.17) is 11.6 Å². The van der Waals surface area contributed by atoms with Gasteiger partial charge in [0.25, 0.3) is 10.0 Å². The van der Waals surface area contributed by atoms with Gasteiger partial charge in [-0.2, -0.15) is 0 Å². The molecule has 1 atom stereocenters. The predicted molar refractivity (Wildman–Crippen MR) is 64.5 cm³/mol. The van der Waals surface area contributed by atoms with Crippen molar-refractivity contribution in [2.45, 2.75) is 16.7 Å². The number of hydrogen-bond acceptors (Lipinski definition) is 6. The molecule has 0 aliphatic carbocycles. The zero-order chi connectivity index (χ0) is 12.7. The number of rotatable bonds is 3. The van der Waals surface area contributed by atoms with Crippen LogP contribution in [0.4, 0.5) is 0 Å². The van der Waals surface area contributed by atoms with Crippen molar-refractivity contribution < 1.29 is 16.8 Å². The van der Waals surface area contributed by atoms with Crippen molar-refractivity contribution in [3.8, 4) is 0 Å². The number of nitrogens with one attached hydrogen (secondary N) is 1. The SMILES string of the molecule is O=S1(=O)CCC(NS(=O)(=O)c2cnc(Cl)s2)C1. The minimum atomic E-state index is -3.72. The molecule has 96 valence electrons. The summed E-state index contributed by atoms with van der Waals surface area (Å²) in [7, 11) is -6.83. The Morgan fingerprint density at radius 2 is 2.24 bits per heavy atom. The van der Waals surface area contributed by atoms with Crippen molar-refractivity contribution >= 4 is 42.8 Å². The highest BCUT2D eigenvalue weighted by Gasteiger charge is 2.32. The number of aromatic nitrogens is 1. The van der Waals surface area contributed by atoms with Crippen LogP contribution in [0.5, 0.6) is 0 Å². The Hall–Kier alpha value is -0.220. The van der Waals surface area contributed by atoms with Crippen LogP contribution in [0.25, 0.3) is 0 Å². The maximum absolute atomic E-state index is 11.8. The van der Waals surface area contributed by atoms with Gasteiger partial charge in [-0.1, -0.05) is 22.9 Å². The summed E-state index contributed by atoms with van der Waals surface area (Å²) in [5.41, 5.74) is 0. The molecule has 2 heterocycles. The highest BCUT2D eigenvalue weighted by molar-refractivity contribution is 7.92. The van der Waals surface area contributed by atoms with Crippen LogP contribution < -0.4 is 4.72 Å². The van der Waals surface area contributed by atoms with E-state index >= 15 is 0 Å². The molecule has 1 aliphatic rings. The largest absolute Gasteiger partial charge is 0.251 e. The molecule has 0 saturated carbocycles. The molecule has 6 nitrogen and oxygen atoms in total. The first-order valence-corrected chi connectivity index (χ1v) is 9.12. The van der Waals surface area contributed by atoms with Gasteiger partial charge in [-0.05, 0) is 6.42 Å². The van der Waals surface area contributed by atoms with Crippen molar-refractivity contribution in [2.75, 3.05) is 11.5 Å². The fraction of sp³-hybridized carbons (Fsp3) is 0.571. The maximum atomic E-state index is 11.8. The Morgan fingerprint density at radius 3 is 2.71 bits per heavy atom. The van der Waals surface area contributed by atoms with Crippen LogP contribution >= 0.6 is 22.9 Å². The van der Waals surface area contributed by atoms with Gasteiger partial charge in [0.1, 0.15) is 0 Å². The highest BCUT2D eigenvalue weighted by atomic mass is 35.5. The Labute approximate surface area is 108 Å². The van der Waals surface area contributed by atoms with Crippen molar-refractivity contribution in [1.82, 2.24) is 9.71 Å². The summed E-state index contributed by atoms with van der Waals surface area (Å²) in [6.07, 6.45) is 1.45. The molecule has 0 aromatic carbocycles. The van der Waals surface area contributed by atoms with E-state index < -0.39 is 25.9 Å². The standard InChI is InChI=1S/C7H9ClN2O4S3/c8-7-9-3-6(15-7)17(13,14)10-5-1-2-16(11,12)4-5/h3,5,10H,1-2,4H2. The van der Waals surface area contributed by atoms with Gasteiger partial charge in [-0.15, -0.1) is 0 Å². The van der Waals surface area contributed by atoms with E-state index in [1.54, 1.807) is 0 Å². The van der Waals surface area contributed by atoms with Gasteiger partial charge in [0.15, 0.2) is 18.5 Å². The molecule has 1 unspecified atom stereocenters. The van der Waals surface area contributed by atoms with Crippen molar-refractivity contribution in [3.63, 3.8) is 0 Å². The van der Waals surface area contributed by atoms with Crippen LogP contribution in [0.15, 0.2) is 10.4 Å². The smallest absolute Gasteiger partial charge is 0.232 e. The van der Waals surface area contributed by atoms with E-state index in [2.05, 4.69) is 9.71 Å². The summed E-state index contributed by atoms with van der Waals surface area (Å²) >= 11 is 6.38. The molecule has 0 radical (unpaired) electrons. The average molecular weight is 317 g/mol. The molecule has 10 heteroatoms. The molecule has 0 bridgehead atoms. The van der Waals surface area contributed by atoms with Crippen LogP contribution in [-0.2, 0) is 19.9 Å². The minimum absolute atomic E-state index is 0.00759. The Morgan fingerprint density at radius 1 is 1.53 bits per heavy atom. The third kappa shape index (κ3) is 3.16. The molecular formula is C7H9ClN2O4S3. The molecule has 1 fully saturated rings. The van der Waals surface area contributed by atoms with Crippen molar-refractivity contribution in [2.24, 2.45) is 0 Å². The number of thiazole rings is 1. The lowest BCUT2D eigenvalue weighted by atomic mass is 10.3. The second-order valence-electron chi connectivity index (χ2n) is 3.65. The number of halogens is 1. The van der Waals surface area contributed by atoms with E-state index in [0.717, 1.165) is 17.5 Å². The second-order valence-corrected chi connectivity index (χ2v) is 9.44. The van der Waals surface area contributed by atoms with Crippen LogP contribution in [0.2, 0.25) is 4.47 Å². The lowest BCUT2D eigenvalue weighted by molar-refractivity contribution is 0.564. The minimum Gasteiger partial charge on any atom is -0.232 e. The van der Waals surface area contributed by atoms with E-state index in [0.29, 0.717) is 6.42 Å². The molecule has 2 rings (SSSR count). The molecule has 1 aromatic heterocycles. The van der Waals surface area contributed by atoms with Gasteiger partial charge in [-0.3, -0.25) is 0 Å². The molecular weight excluding hydrogens is 308 g/mol. The number of sulfonamides is 1. The topological polar surface area (TPSA) is 93.2 Å². The fourth-order valence-corrected chi connectivity index (χ4v) is 5.89. The summed E-state index contributed by atoms with van der Waals surface area (Å²) in [6, 6.07) is -0.564. The van der Waals surface area contributed by atoms with Crippen molar-refractivity contribution in [3.05, 3.63) is 10.7 Å². The summed E-state index contributed by atoms with van der Waals surface area (Å²) < 4.78 is 48.5. The average Bonchev–Trinajstić information content (AvgIpc) is 2.72. The highest BCUT2D eigenvalue weighted by Crippen LogP contribution is 2.23. The van der Waals surface area contributed by atoms with Gasteiger partial charge in [0.05, 0.1) is 17.7 Å². The van der Waals surface area contributed by atoms with Gasteiger partial charge in [0.2, 0.25) is 0 Å². The number of nitrogens with zero attached hydrogens (tertiary/aromatic N) is 1. The quantitative estimate of drug-likeness (QED) is 0.863. The Kier molecular flexibility index (Phi) is 3.47. The third-order valence-electron chi connectivity index (χ3n) is 2.28. The first-order valence-electron chi connectivity index (χ1n) is 4.63. The molecule has 1 aliphatic heterocycles. The Bertz CT molecular complexity index is 621. The normalized spacial score (nSPS) is 23.9. The van der Waals surface area contributed by atoms with E-state index in [1.165, 1.54) is 0 Å². The summed E-state index contributed by atoms with van der Waals surface area (Å²) in [6.45, 7) is 0. The monoisotopic (exact) mass is 316 g/mol. The molecule has 1 aromatic rings. The Balaban J connectivity index is 2.14. The first-order chi connectivity index (χ1) is 7.78. The van der Waals surface area contributed by atoms with Gasteiger partial charge < -0.3 is 0 Å². The molecule has 17 heavy (non-hydrogen) atoms. The number of sulfone groups is 1. The lowest BCUT2D eigenvalue weighted by Gasteiger charge is -2.09. The van der Waals surface area contributed by atoms with E-state index in [-0.39, 0.29) is 20.2 Å². The number of hydrogen-bond donors (Lipinski definition) is 1. The fourth-order valence-electron chi connectivity index (χ4n) is 1.53. The van der Waals surface area contributed by atoms with Gasteiger partial charge in [-0.25, -0.2) is 26.5 Å².